The van der Waals surface area contributed by atoms with Crippen LogP contribution in [0.2, 0.25) is 0 Å². The molecule has 2 unspecified atom stereocenters. The largest absolute Gasteiger partial charge is 0.466 e. The van der Waals surface area contributed by atoms with Crippen LogP contribution in [0.1, 0.15) is 348 Å². The van der Waals surface area contributed by atoms with E-state index in [1.807, 2.05) is 0 Å². The maximum absolute atomic E-state index is 12.5. The third kappa shape index (κ3) is 57.4. The standard InChI is InChI=1S/C66H125NO5/c1-3-5-7-9-11-13-15-17-18-28-32-36-40-44-48-52-56-60-66(71)72-61-57-53-49-45-41-37-33-30-27-25-23-21-19-20-22-24-26-29-31-35-39-43-47-51-55-59-65(70)67-63(62-68)64(69)58-54-50-46-42-38-34-16-14-12-10-8-6-4-2/h17-18,20-23,63-64,68-69H,3-16,19,24-62H2,1-2H3,(H,67,70)/b18-17-,22-20-,23-21-. The number of allylic oxidation sites excluding steroid dienone is 6. The maximum atomic E-state index is 12.5. The summed E-state index contributed by atoms with van der Waals surface area (Å²) in [4.78, 5) is 24.5. The molecule has 6 heteroatoms. The van der Waals surface area contributed by atoms with E-state index in [0.717, 1.165) is 51.4 Å². The van der Waals surface area contributed by atoms with Crippen LogP contribution in [0, 0.1) is 0 Å². The van der Waals surface area contributed by atoms with Gasteiger partial charge in [0.05, 0.1) is 25.4 Å². The molecule has 0 aliphatic heterocycles. The molecule has 424 valence electrons. The molecule has 0 heterocycles. The molecule has 2 atom stereocenters. The number of aliphatic hydroxyl groups is 2. The lowest BCUT2D eigenvalue weighted by molar-refractivity contribution is -0.143. The summed E-state index contributed by atoms with van der Waals surface area (Å²) in [5, 5.41) is 23.2. The van der Waals surface area contributed by atoms with Gasteiger partial charge < -0.3 is 20.3 Å². The molecule has 0 aliphatic rings. The fourth-order valence-electron chi connectivity index (χ4n) is 9.96. The molecule has 0 aliphatic carbocycles. The molecule has 6 nitrogen and oxygen atoms in total. The van der Waals surface area contributed by atoms with Crippen LogP contribution in [-0.2, 0) is 14.3 Å². The maximum Gasteiger partial charge on any atom is 0.305 e. The van der Waals surface area contributed by atoms with Gasteiger partial charge >= 0.3 is 5.97 Å². The zero-order chi connectivity index (χ0) is 52.2. The highest BCUT2D eigenvalue weighted by Gasteiger charge is 2.20. The predicted molar refractivity (Wildman–Crippen MR) is 315 cm³/mol. The van der Waals surface area contributed by atoms with E-state index in [4.69, 9.17) is 4.74 Å². The average Bonchev–Trinajstić information content (AvgIpc) is 3.38. The average molecular weight is 1010 g/mol. The summed E-state index contributed by atoms with van der Waals surface area (Å²) in [5.41, 5.74) is 0. The Morgan fingerprint density at radius 1 is 0.389 bits per heavy atom. The highest BCUT2D eigenvalue weighted by atomic mass is 16.5. The van der Waals surface area contributed by atoms with Crippen molar-refractivity contribution in [2.75, 3.05) is 13.2 Å². The Labute approximate surface area is 449 Å². The fraction of sp³-hybridized carbons (Fsp3) is 0.879. The number of amides is 1. The van der Waals surface area contributed by atoms with Crippen molar-refractivity contribution < 1.29 is 24.5 Å². The summed E-state index contributed by atoms with van der Waals surface area (Å²) in [6, 6.07) is -0.546. The summed E-state index contributed by atoms with van der Waals surface area (Å²) in [6.45, 7) is 4.95. The lowest BCUT2D eigenvalue weighted by Gasteiger charge is -2.22. The van der Waals surface area contributed by atoms with Crippen LogP contribution in [0.4, 0.5) is 0 Å². The second kappa shape index (κ2) is 61.6. The number of esters is 1. The van der Waals surface area contributed by atoms with Crippen molar-refractivity contribution in [3.05, 3.63) is 36.5 Å². The molecular formula is C66H125NO5. The van der Waals surface area contributed by atoms with Gasteiger partial charge in [0, 0.05) is 12.8 Å². The van der Waals surface area contributed by atoms with Crippen molar-refractivity contribution in [3.8, 4) is 0 Å². The lowest BCUT2D eigenvalue weighted by Crippen LogP contribution is -2.45. The zero-order valence-corrected chi connectivity index (χ0v) is 48.4. The minimum absolute atomic E-state index is 0.00582. The van der Waals surface area contributed by atoms with E-state index in [2.05, 4.69) is 55.6 Å². The first-order chi connectivity index (χ1) is 35.5. The van der Waals surface area contributed by atoms with Crippen molar-refractivity contribution in [2.45, 2.75) is 360 Å². The molecular weight excluding hydrogens is 887 g/mol. The molecule has 0 aromatic carbocycles. The monoisotopic (exact) mass is 1010 g/mol. The van der Waals surface area contributed by atoms with E-state index >= 15 is 0 Å². The fourth-order valence-corrected chi connectivity index (χ4v) is 9.96. The molecule has 72 heavy (non-hydrogen) atoms. The normalized spacial score (nSPS) is 12.8. The van der Waals surface area contributed by atoms with Gasteiger partial charge in [-0.3, -0.25) is 9.59 Å². The van der Waals surface area contributed by atoms with Gasteiger partial charge in [-0.2, -0.15) is 0 Å². The van der Waals surface area contributed by atoms with Crippen LogP contribution in [0.25, 0.3) is 0 Å². The molecule has 1 amide bonds. The quantitative estimate of drug-likeness (QED) is 0.0320. The van der Waals surface area contributed by atoms with Crippen LogP contribution >= 0.6 is 0 Å². The molecule has 3 N–H and O–H groups in total. The molecule has 0 bridgehead atoms. The van der Waals surface area contributed by atoms with Crippen molar-refractivity contribution in [3.63, 3.8) is 0 Å². The molecule has 0 aromatic rings. The van der Waals surface area contributed by atoms with E-state index in [1.165, 1.54) is 263 Å². The van der Waals surface area contributed by atoms with Gasteiger partial charge in [0.2, 0.25) is 5.91 Å². The Kier molecular flexibility index (Phi) is 60.0. The number of hydrogen-bond acceptors (Lipinski definition) is 5. The highest BCUT2D eigenvalue weighted by Crippen LogP contribution is 2.17. The number of carbonyl (C=O) groups excluding carboxylic acids is 2. The van der Waals surface area contributed by atoms with E-state index < -0.39 is 12.1 Å². The predicted octanol–water partition coefficient (Wildman–Crippen LogP) is 20.4. The number of rotatable bonds is 60. The van der Waals surface area contributed by atoms with Gasteiger partial charge in [-0.15, -0.1) is 0 Å². The van der Waals surface area contributed by atoms with Gasteiger partial charge in [0.1, 0.15) is 0 Å². The van der Waals surface area contributed by atoms with Gasteiger partial charge in [0.25, 0.3) is 0 Å². The third-order valence-electron chi connectivity index (χ3n) is 14.9. The Morgan fingerprint density at radius 3 is 1.07 bits per heavy atom. The zero-order valence-electron chi connectivity index (χ0n) is 48.4. The van der Waals surface area contributed by atoms with Crippen LogP contribution < -0.4 is 5.32 Å². The Bertz CT molecular complexity index is 1170. The number of ether oxygens (including phenoxy) is 1. The van der Waals surface area contributed by atoms with Crippen LogP contribution in [0.15, 0.2) is 36.5 Å². The minimum atomic E-state index is -0.668. The van der Waals surface area contributed by atoms with Gasteiger partial charge in [0.15, 0.2) is 0 Å². The number of carbonyl (C=O) groups is 2. The van der Waals surface area contributed by atoms with E-state index in [0.29, 0.717) is 25.9 Å². The summed E-state index contributed by atoms with van der Waals surface area (Å²) in [5.74, 6) is -0.0346. The number of nitrogens with one attached hydrogen (secondary N) is 1. The van der Waals surface area contributed by atoms with E-state index in [-0.39, 0.29) is 18.5 Å². The molecule has 0 saturated heterocycles. The van der Waals surface area contributed by atoms with Gasteiger partial charge in [-0.1, -0.05) is 288 Å². The summed E-state index contributed by atoms with van der Waals surface area (Å²) in [7, 11) is 0. The molecule has 0 radical (unpaired) electrons. The van der Waals surface area contributed by atoms with Gasteiger partial charge in [-0.25, -0.2) is 0 Å². The van der Waals surface area contributed by atoms with Crippen molar-refractivity contribution in [1.82, 2.24) is 5.32 Å². The Balaban J connectivity index is 3.42. The smallest absolute Gasteiger partial charge is 0.305 e. The van der Waals surface area contributed by atoms with Crippen LogP contribution in [0.5, 0.6) is 0 Å². The third-order valence-corrected chi connectivity index (χ3v) is 14.9. The Morgan fingerprint density at radius 2 is 0.694 bits per heavy atom. The summed E-state index contributed by atoms with van der Waals surface area (Å²) in [6.07, 6.45) is 77.3. The second-order valence-corrected chi connectivity index (χ2v) is 22.1. The molecule has 0 rings (SSSR count). The van der Waals surface area contributed by atoms with Crippen molar-refractivity contribution in [2.24, 2.45) is 0 Å². The summed E-state index contributed by atoms with van der Waals surface area (Å²) < 4.78 is 5.49. The minimum Gasteiger partial charge on any atom is -0.466 e. The van der Waals surface area contributed by atoms with E-state index in [9.17, 15) is 19.8 Å². The topological polar surface area (TPSA) is 95.9 Å². The molecule has 0 fully saturated rings. The Hall–Kier alpha value is -1.92. The molecule has 0 saturated carbocycles. The SMILES string of the molecule is CCCCCCCC/C=C\CCCCCCCCCC(=O)OCCCCCCCCCCC/C=C\C/C=C\CCCCCCCCCCCC(=O)NC(CO)C(O)CCCCCCCCCCCCCCC. The first kappa shape index (κ1) is 70.1. The van der Waals surface area contributed by atoms with Crippen LogP contribution in [0.3, 0.4) is 0 Å². The number of unbranched alkanes of at least 4 members (excludes halogenated alkanes) is 43. The molecule has 0 aromatic heterocycles. The number of hydrogen-bond donors (Lipinski definition) is 3. The summed E-state index contributed by atoms with van der Waals surface area (Å²) >= 11 is 0. The molecule has 0 spiro atoms. The van der Waals surface area contributed by atoms with Crippen molar-refractivity contribution in [1.29, 1.82) is 0 Å². The highest BCUT2D eigenvalue weighted by molar-refractivity contribution is 5.76. The van der Waals surface area contributed by atoms with E-state index in [1.54, 1.807) is 0 Å². The first-order valence-electron chi connectivity index (χ1n) is 32.2. The second-order valence-electron chi connectivity index (χ2n) is 22.1. The van der Waals surface area contributed by atoms with Crippen LogP contribution in [-0.4, -0.2) is 47.4 Å². The van der Waals surface area contributed by atoms with Gasteiger partial charge in [-0.05, 0) is 83.5 Å². The first-order valence-corrected chi connectivity index (χ1v) is 32.2. The number of aliphatic hydroxyl groups excluding tert-OH is 2. The van der Waals surface area contributed by atoms with Crippen molar-refractivity contribution >= 4 is 11.9 Å². The lowest BCUT2D eigenvalue weighted by atomic mass is 10.0.